The maximum Gasteiger partial charge on any atom is 0.0651 e. The first-order valence-electron chi connectivity index (χ1n) is 10.2. The molecule has 26 heavy (non-hydrogen) atoms. The lowest BCUT2D eigenvalue weighted by atomic mass is 9.75. The van der Waals surface area contributed by atoms with E-state index in [-0.39, 0.29) is 0 Å². The quantitative estimate of drug-likeness (QED) is 0.520. The molecule has 0 unspecified atom stereocenters. The molecule has 1 heterocycles. The van der Waals surface area contributed by atoms with Crippen LogP contribution in [0, 0.1) is 17.8 Å². The predicted octanol–water partition coefficient (Wildman–Crippen LogP) is 7.24. The van der Waals surface area contributed by atoms with Gasteiger partial charge in [-0.15, -0.1) is 0 Å². The average molecular weight is 366 g/mol. The van der Waals surface area contributed by atoms with Crippen molar-refractivity contribution in [1.82, 2.24) is 0 Å². The van der Waals surface area contributed by atoms with Crippen LogP contribution in [-0.4, -0.2) is 6.10 Å². The van der Waals surface area contributed by atoms with Crippen LogP contribution in [0.15, 0.2) is 48.5 Å². The molecule has 0 spiro atoms. The minimum Gasteiger partial charge on any atom is -0.355 e. The third-order valence-corrected chi connectivity index (χ3v) is 8.22. The molecule has 0 aromatic heterocycles. The topological polar surface area (TPSA) is 9.23 Å². The van der Waals surface area contributed by atoms with Crippen LogP contribution in [0.1, 0.15) is 51.2 Å². The zero-order chi connectivity index (χ0) is 18.1. The Bertz CT molecular complexity index is 706. The molecule has 0 radical (unpaired) electrons. The van der Waals surface area contributed by atoms with Crippen LogP contribution in [0.5, 0.6) is 0 Å². The first kappa shape index (κ1) is 18.2. The molecule has 1 aliphatic carbocycles. The van der Waals surface area contributed by atoms with Gasteiger partial charge in [-0.1, -0.05) is 75.7 Å². The van der Waals surface area contributed by atoms with Crippen LogP contribution in [0.2, 0.25) is 0 Å². The summed E-state index contributed by atoms with van der Waals surface area (Å²) < 4.78 is 6.94. The van der Waals surface area contributed by atoms with Crippen molar-refractivity contribution in [2.45, 2.75) is 58.5 Å². The van der Waals surface area contributed by atoms with Crippen LogP contribution in [0.3, 0.4) is 0 Å². The lowest BCUT2D eigenvalue weighted by molar-refractivity contribution is 0.0548. The lowest BCUT2D eigenvalue weighted by Gasteiger charge is -2.39. The van der Waals surface area contributed by atoms with Gasteiger partial charge in [0.1, 0.15) is 0 Å². The van der Waals surface area contributed by atoms with E-state index in [2.05, 4.69) is 69.3 Å². The average Bonchev–Trinajstić information content (AvgIpc) is 2.78. The summed E-state index contributed by atoms with van der Waals surface area (Å²) in [5.74, 6) is 2.24. The van der Waals surface area contributed by atoms with Crippen LogP contribution in [0.4, 0.5) is 0 Å². The smallest absolute Gasteiger partial charge is 0.0651 e. The zero-order valence-electron chi connectivity index (χ0n) is 16.3. The first-order chi connectivity index (χ1) is 12.6. The molecular formula is C24H31OP. The largest absolute Gasteiger partial charge is 0.355 e. The van der Waals surface area contributed by atoms with Crippen molar-refractivity contribution < 1.29 is 4.52 Å². The second-order valence-corrected chi connectivity index (χ2v) is 10.4. The van der Waals surface area contributed by atoms with E-state index in [0.29, 0.717) is 12.0 Å². The monoisotopic (exact) mass is 366 g/mol. The molecule has 1 fully saturated rings. The molecule has 138 valence electrons. The van der Waals surface area contributed by atoms with Crippen LogP contribution in [-0.2, 0) is 16.8 Å². The van der Waals surface area contributed by atoms with Crippen molar-refractivity contribution in [2.24, 2.45) is 17.8 Å². The number of hydrogen-bond acceptors (Lipinski definition) is 1. The molecule has 4 rings (SSSR count). The van der Waals surface area contributed by atoms with E-state index < -0.39 is 8.15 Å². The van der Waals surface area contributed by atoms with E-state index in [1.165, 1.54) is 41.5 Å². The molecular weight excluding hydrogens is 335 g/mol. The molecule has 0 bridgehead atoms. The molecule has 2 aromatic rings. The number of hydrogen-bond donors (Lipinski definition) is 0. The van der Waals surface area contributed by atoms with Gasteiger partial charge in [0, 0.05) is 20.5 Å². The summed E-state index contributed by atoms with van der Waals surface area (Å²) in [5, 5.41) is 0. The summed E-state index contributed by atoms with van der Waals surface area (Å²) in [6.45, 7) is 7.15. The van der Waals surface area contributed by atoms with Gasteiger partial charge in [0.15, 0.2) is 0 Å². The number of benzene rings is 2. The van der Waals surface area contributed by atoms with Gasteiger partial charge >= 0.3 is 0 Å². The van der Waals surface area contributed by atoms with E-state index in [1.54, 1.807) is 0 Å². The van der Waals surface area contributed by atoms with E-state index in [4.69, 9.17) is 4.52 Å². The highest BCUT2D eigenvalue weighted by molar-refractivity contribution is 7.50. The van der Waals surface area contributed by atoms with Crippen molar-refractivity contribution in [2.75, 3.05) is 0 Å². The fourth-order valence-electron chi connectivity index (χ4n) is 4.78. The van der Waals surface area contributed by atoms with Crippen molar-refractivity contribution in [3.05, 3.63) is 59.7 Å². The Labute approximate surface area is 160 Å². The molecule has 0 amide bonds. The summed E-state index contributed by atoms with van der Waals surface area (Å²) in [6, 6.07) is 17.9. The van der Waals surface area contributed by atoms with Crippen LogP contribution in [0.25, 0.3) is 11.1 Å². The second kappa shape index (κ2) is 7.83. The fraction of sp³-hybridized carbons (Fsp3) is 0.500. The Kier molecular flexibility index (Phi) is 5.48. The zero-order valence-corrected chi connectivity index (χ0v) is 17.2. The molecule has 1 nitrogen and oxygen atoms in total. The molecule has 2 aliphatic rings. The molecule has 0 saturated heterocycles. The molecule has 3 atom stereocenters. The van der Waals surface area contributed by atoms with Crippen LogP contribution < -0.4 is 0 Å². The fourth-order valence-corrected chi connectivity index (χ4v) is 6.98. The number of fused-ring (bicyclic) bond motifs is 3. The second-order valence-electron chi connectivity index (χ2n) is 8.58. The van der Waals surface area contributed by atoms with Gasteiger partial charge in [-0.2, -0.15) is 0 Å². The maximum absolute atomic E-state index is 6.94. The van der Waals surface area contributed by atoms with E-state index in [0.717, 1.165) is 24.2 Å². The minimum absolute atomic E-state index is 0.447. The highest BCUT2D eigenvalue weighted by Crippen LogP contribution is 2.53. The Hall–Kier alpha value is -1.17. The van der Waals surface area contributed by atoms with Crippen molar-refractivity contribution >= 4 is 8.15 Å². The number of rotatable bonds is 3. The van der Waals surface area contributed by atoms with E-state index in [9.17, 15) is 0 Å². The third-order valence-electron chi connectivity index (χ3n) is 6.26. The molecule has 1 saturated carbocycles. The third kappa shape index (κ3) is 3.75. The van der Waals surface area contributed by atoms with E-state index in [1.807, 2.05) is 0 Å². The summed E-state index contributed by atoms with van der Waals surface area (Å²) in [7, 11) is -0.465. The van der Waals surface area contributed by atoms with Gasteiger partial charge < -0.3 is 4.52 Å². The highest BCUT2D eigenvalue weighted by Gasteiger charge is 2.34. The molecule has 1 aliphatic heterocycles. The van der Waals surface area contributed by atoms with Gasteiger partial charge in [0.05, 0.1) is 6.10 Å². The van der Waals surface area contributed by atoms with Crippen LogP contribution >= 0.6 is 8.15 Å². The van der Waals surface area contributed by atoms with Gasteiger partial charge in [-0.05, 0) is 52.8 Å². The lowest BCUT2D eigenvalue weighted by Crippen LogP contribution is -2.33. The molecule has 0 N–H and O–H groups in total. The predicted molar refractivity (Wildman–Crippen MR) is 112 cm³/mol. The maximum atomic E-state index is 6.94. The Morgan fingerprint density at radius 3 is 2.04 bits per heavy atom. The standard InChI is InChI=1S/C24H31OP/c1-17(2)21-13-12-18(3)14-24(21)25-26-15-19-8-4-6-10-22(19)23-11-7-5-9-20(23)16-26/h4-11,17-18,21,24H,12-16H2,1-3H3/t18-,21+,24+/m1/s1. The highest BCUT2D eigenvalue weighted by atomic mass is 31.1. The minimum atomic E-state index is -0.465. The summed E-state index contributed by atoms with van der Waals surface area (Å²) >= 11 is 0. The van der Waals surface area contributed by atoms with Gasteiger partial charge in [0.2, 0.25) is 0 Å². The van der Waals surface area contributed by atoms with Crippen molar-refractivity contribution in [3.63, 3.8) is 0 Å². The summed E-state index contributed by atoms with van der Waals surface area (Å²) in [4.78, 5) is 0. The van der Waals surface area contributed by atoms with E-state index >= 15 is 0 Å². The SMILES string of the molecule is CC(C)[C@@H]1CC[C@@H](C)C[C@@H]1OP1Cc2ccccc2-c2ccccc2C1. The van der Waals surface area contributed by atoms with Gasteiger partial charge in [-0.25, -0.2) is 0 Å². The Balaban J connectivity index is 1.62. The normalized spacial score (nSPS) is 26.2. The Morgan fingerprint density at radius 2 is 1.46 bits per heavy atom. The molecule has 2 heteroatoms. The van der Waals surface area contributed by atoms with Crippen molar-refractivity contribution in [1.29, 1.82) is 0 Å². The first-order valence-corrected chi connectivity index (χ1v) is 11.8. The Morgan fingerprint density at radius 1 is 0.885 bits per heavy atom. The van der Waals surface area contributed by atoms with Gasteiger partial charge in [0.25, 0.3) is 0 Å². The van der Waals surface area contributed by atoms with Gasteiger partial charge in [-0.3, -0.25) is 0 Å². The van der Waals surface area contributed by atoms with Crippen molar-refractivity contribution in [3.8, 4) is 11.1 Å². The molecule has 2 aromatic carbocycles. The summed E-state index contributed by atoms with van der Waals surface area (Å²) in [6.07, 6.45) is 6.57. The summed E-state index contributed by atoms with van der Waals surface area (Å²) in [5.41, 5.74) is 5.75.